The maximum Gasteiger partial charge on any atom is 0.331 e. The number of aromatic nitrogens is 3. The van der Waals surface area contributed by atoms with E-state index in [2.05, 4.69) is 10.6 Å². The third-order valence-corrected chi connectivity index (χ3v) is 6.95. The van der Waals surface area contributed by atoms with E-state index in [0.717, 1.165) is 32.6 Å². The molecule has 6 rings (SSSR count). The summed E-state index contributed by atoms with van der Waals surface area (Å²) in [6.07, 6.45) is -0.606. The third kappa shape index (κ3) is 2.91. The predicted octanol–water partition coefficient (Wildman–Crippen LogP) is 4.36. The highest BCUT2D eigenvalue weighted by atomic mass is 16.5. The first kappa shape index (κ1) is 21.7. The molecule has 1 atom stereocenters. The summed E-state index contributed by atoms with van der Waals surface area (Å²) in [4.78, 5) is 26.8. The summed E-state index contributed by atoms with van der Waals surface area (Å²) in [6, 6.07) is 25.0. The van der Waals surface area contributed by atoms with Gasteiger partial charge in [0, 0.05) is 19.7 Å². The largest absolute Gasteiger partial charge is 0.477 e. The maximum atomic E-state index is 13.7. The summed E-state index contributed by atoms with van der Waals surface area (Å²) in [5.74, 6) is 0.663. The van der Waals surface area contributed by atoms with E-state index < -0.39 is 11.8 Å². The summed E-state index contributed by atoms with van der Waals surface area (Å²) in [7, 11) is 3.19. The van der Waals surface area contributed by atoms with Crippen LogP contribution in [0.2, 0.25) is 0 Å². The van der Waals surface area contributed by atoms with Crippen molar-refractivity contribution in [1.29, 1.82) is 5.26 Å². The smallest absolute Gasteiger partial charge is 0.331 e. The Kier molecular flexibility index (Phi) is 4.73. The van der Waals surface area contributed by atoms with E-state index in [1.54, 1.807) is 19.2 Å². The second kappa shape index (κ2) is 7.85. The zero-order valence-electron chi connectivity index (χ0n) is 20.0. The first-order chi connectivity index (χ1) is 17.4. The molecule has 0 saturated heterocycles. The van der Waals surface area contributed by atoms with Gasteiger partial charge in [-0.1, -0.05) is 48.5 Å². The molecule has 0 N–H and O–H groups in total. The lowest BCUT2D eigenvalue weighted by Gasteiger charge is -2.30. The minimum atomic E-state index is -0.606. The Morgan fingerprint density at radius 2 is 1.58 bits per heavy atom. The highest BCUT2D eigenvalue weighted by Crippen LogP contribution is 2.46. The van der Waals surface area contributed by atoms with Gasteiger partial charge in [-0.05, 0) is 42.3 Å². The van der Waals surface area contributed by atoms with E-state index >= 15 is 0 Å². The normalized spacial score (nSPS) is 14.1. The molecule has 0 aliphatic carbocycles. The number of ether oxygens (including phenoxy) is 1. The van der Waals surface area contributed by atoms with Gasteiger partial charge in [0.2, 0.25) is 0 Å². The number of nitriles is 1. The summed E-state index contributed by atoms with van der Waals surface area (Å²) < 4.78 is 11.3. The van der Waals surface area contributed by atoms with Crippen molar-refractivity contribution >= 4 is 10.9 Å². The van der Waals surface area contributed by atoms with Gasteiger partial charge in [0.25, 0.3) is 5.56 Å². The summed E-state index contributed by atoms with van der Waals surface area (Å²) in [6.45, 7) is 2.01. The highest BCUT2D eigenvalue weighted by Gasteiger charge is 2.36. The lowest BCUT2D eigenvalue weighted by Crippen LogP contribution is -2.37. The molecule has 5 aromatic rings. The van der Waals surface area contributed by atoms with Crippen molar-refractivity contribution in [3.05, 3.63) is 116 Å². The fourth-order valence-corrected chi connectivity index (χ4v) is 5.16. The van der Waals surface area contributed by atoms with E-state index in [0.29, 0.717) is 27.9 Å². The third-order valence-electron chi connectivity index (χ3n) is 6.95. The van der Waals surface area contributed by atoms with Crippen molar-refractivity contribution in [1.82, 2.24) is 13.7 Å². The van der Waals surface area contributed by atoms with Crippen LogP contribution in [-0.2, 0) is 14.1 Å². The number of aryl methyl sites for hydroxylation is 2. The fourth-order valence-electron chi connectivity index (χ4n) is 5.16. The Morgan fingerprint density at radius 1 is 0.889 bits per heavy atom. The molecule has 3 heterocycles. The first-order valence-electron chi connectivity index (χ1n) is 11.6. The molecule has 0 fully saturated rings. The average molecular weight is 475 g/mol. The number of hydrogen-bond acceptors (Lipinski definition) is 4. The van der Waals surface area contributed by atoms with Crippen LogP contribution in [0.3, 0.4) is 0 Å². The van der Waals surface area contributed by atoms with Crippen molar-refractivity contribution < 1.29 is 4.74 Å². The van der Waals surface area contributed by atoms with Gasteiger partial charge >= 0.3 is 5.69 Å². The van der Waals surface area contributed by atoms with E-state index in [4.69, 9.17) is 4.74 Å². The molecule has 0 bridgehead atoms. The van der Waals surface area contributed by atoms with Crippen LogP contribution in [0.4, 0.5) is 0 Å². The van der Waals surface area contributed by atoms with Crippen molar-refractivity contribution in [2.45, 2.75) is 13.0 Å². The van der Waals surface area contributed by atoms with E-state index in [-0.39, 0.29) is 5.56 Å². The van der Waals surface area contributed by atoms with Crippen LogP contribution >= 0.6 is 0 Å². The first-order valence-corrected chi connectivity index (χ1v) is 11.6. The van der Waals surface area contributed by atoms with E-state index in [1.807, 2.05) is 67.6 Å². The molecule has 0 saturated carbocycles. The molecule has 3 aromatic carbocycles. The van der Waals surface area contributed by atoms with Crippen LogP contribution < -0.4 is 16.0 Å². The number of fused-ring (bicyclic) bond motifs is 5. The minimum Gasteiger partial charge on any atom is -0.477 e. The molecule has 36 heavy (non-hydrogen) atoms. The summed E-state index contributed by atoms with van der Waals surface area (Å²) >= 11 is 0. The molecule has 7 heteroatoms. The van der Waals surface area contributed by atoms with Gasteiger partial charge < -0.3 is 9.30 Å². The lowest BCUT2D eigenvalue weighted by atomic mass is 10.0. The number of rotatable bonds is 2. The van der Waals surface area contributed by atoms with Crippen LogP contribution in [0.15, 0.2) is 82.4 Å². The fraction of sp³-hybridized carbons (Fsp3) is 0.138. The van der Waals surface area contributed by atoms with Crippen molar-refractivity contribution in [3.8, 4) is 28.8 Å². The van der Waals surface area contributed by atoms with E-state index in [9.17, 15) is 14.9 Å². The Morgan fingerprint density at radius 3 is 2.31 bits per heavy atom. The van der Waals surface area contributed by atoms with Crippen LogP contribution in [-0.4, -0.2) is 13.7 Å². The molecule has 1 aliphatic heterocycles. The molecule has 176 valence electrons. The quantitative estimate of drug-likeness (QED) is 0.381. The molecular weight excluding hydrogens is 452 g/mol. The van der Waals surface area contributed by atoms with E-state index in [1.165, 1.54) is 11.6 Å². The molecule has 0 amide bonds. The monoisotopic (exact) mass is 474 g/mol. The molecule has 1 unspecified atom stereocenters. The topological polar surface area (TPSA) is 81.9 Å². The van der Waals surface area contributed by atoms with Gasteiger partial charge in [0.05, 0.1) is 39.6 Å². The van der Waals surface area contributed by atoms with Gasteiger partial charge in [-0.15, -0.1) is 0 Å². The molecule has 0 spiro atoms. The molecule has 0 radical (unpaired) electrons. The Bertz CT molecular complexity index is 1850. The lowest BCUT2D eigenvalue weighted by molar-refractivity contribution is 0.229. The number of hydrogen-bond donors (Lipinski definition) is 0. The summed E-state index contributed by atoms with van der Waals surface area (Å²) in [5.41, 5.74) is 5.25. The number of nitrogens with zero attached hydrogens (tertiary/aromatic N) is 4. The standard InChI is InChI=1S/C29H22N4O3/c1-17-8-4-5-9-20(17)24-23-25(31(2)29(35)32(3)28(23)34)26-27(19-14-12-18(16-30)13-15-19)36-22-11-7-6-10-21(22)33(24)26/h4-15,27H,1-3H3. The van der Waals surface area contributed by atoms with Gasteiger partial charge in [0.1, 0.15) is 5.75 Å². The van der Waals surface area contributed by atoms with Crippen LogP contribution in [0.1, 0.15) is 28.5 Å². The van der Waals surface area contributed by atoms with Crippen molar-refractivity contribution in [3.63, 3.8) is 0 Å². The zero-order valence-corrected chi connectivity index (χ0v) is 20.0. The van der Waals surface area contributed by atoms with Gasteiger partial charge in [0.15, 0.2) is 6.10 Å². The summed E-state index contributed by atoms with van der Waals surface area (Å²) in [5, 5.41) is 9.75. The predicted molar refractivity (Wildman–Crippen MR) is 138 cm³/mol. The number of para-hydroxylation sites is 2. The van der Waals surface area contributed by atoms with Gasteiger partial charge in [-0.2, -0.15) is 5.26 Å². The molecule has 7 nitrogen and oxygen atoms in total. The van der Waals surface area contributed by atoms with Gasteiger partial charge in [-0.25, -0.2) is 4.79 Å². The minimum absolute atomic E-state index is 0.357. The second-order valence-corrected chi connectivity index (χ2v) is 9.01. The highest BCUT2D eigenvalue weighted by molar-refractivity contribution is 5.98. The molecule has 2 aromatic heterocycles. The Hall–Kier alpha value is -4.83. The number of benzene rings is 3. The molecule has 1 aliphatic rings. The van der Waals surface area contributed by atoms with Gasteiger partial charge in [-0.3, -0.25) is 13.9 Å². The Labute approximate surface area is 206 Å². The van der Waals surface area contributed by atoms with Crippen LogP contribution in [0, 0.1) is 18.3 Å². The SMILES string of the molecule is Cc1ccccc1-c1c2c(=O)n(C)c(=O)n(C)c2c2n1-c1ccccc1OC2c1ccc(C#N)cc1. The Balaban J connectivity index is 1.85. The average Bonchev–Trinajstić information content (AvgIpc) is 3.27. The van der Waals surface area contributed by atoms with Crippen molar-refractivity contribution in [2.75, 3.05) is 0 Å². The zero-order chi connectivity index (χ0) is 25.1. The second-order valence-electron chi connectivity index (χ2n) is 9.01. The van der Waals surface area contributed by atoms with Crippen LogP contribution in [0.25, 0.3) is 27.8 Å². The van der Waals surface area contributed by atoms with Crippen molar-refractivity contribution in [2.24, 2.45) is 14.1 Å². The van der Waals surface area contributed by atoms with Crippen LogP contribution in [0.5, 0.6) is 5.75 Å². The molecular formula is C29H22N4O3. The maximum absolute atomic E-state index is 13.7.